The molecule has 2 aromatic carbocycles. The number of carbonyl (C=O) groups excluding carboxylic acids is 1. The van der Waals surface area contributed by atoms with Crippen LogP contribution in [0.1, 0.15) is 18.1 Å². The zero-order chi connectivity index (χ0) is 16.9. The molecule has 0 fully saturated rings. The van der Waals surface area contributed by atoms with Crippen LogP contribution in [0.3, 0.4) is 0 Å². The fourth-order valence-electron chi connectivity index (χ4n) is 2.48. The van der Waals surface area contributed by atoms with E-state index in [1.165, 1.54) is 5.56 Å². The number of rotatable bonds is 6. The Kier molecular flexibility index (Phi) is 4.89. The molecule has 0 saturated heterocycles. The monoisotopic (exact) mass is 327 g/mol. The van der Waals surface area contributed by atoms with Crippen LogP contribution < -0.4 is 14.2 Å². The van der Waals surface area contributed by atoms with Gasteiger partial charge < -0.3 is 19.1 Å². The summed E-state index contributed by atoms with van der Waals surface area (Å²) in [6, 6.07) is 13.5. The molecule has 0 aromatic heterocycles. The lowest BCUT2D eigenvalue weighted by atomic mass is 10.2. The van der Waals surface area contributed by atoms with Crippen LogP contribution >= 0.6 is 0 Å². The number of benzene rings is 2. The van der Waals surface area contributed by atoms with Crippen molar-refractivity contribution in [1.82, 2.24) is 4.90 Å². The molecular weight excluding hydrogens is 306 g/mol. The van der Waals surface area contributed by atoms with Gasteiger partial charge in [0.1, 0.15) is 5.75 Å². The zero-order valence-corrected chi connectivity index (χ0v) is 14.0. The Morgan fingerprint density at radius 1 is 1.08 bits per heavy atom. The molecule has 5 heteroatoms. The highest BCUT2D eigenvalue weighted by atomic mass is 16.7. The van der Waals surface area contributed by atoms with Crippen molar-refractivity contribution in [3.05, 3.63) is 53.6 Å². The largest absolute Gasteiger partial charge is 0.484 e. The SMILES string of the molecule is CCc1ccc(OCC(=O)N(C)Cc2ccc3c(c2)OCO3)cc1. The quantitative estimate of drug-likeness (QED) is 0.818. The van der Waals surface area contributed by atoms with Crippen molar-refractivity contribution in [2.45, 2.75) is 19.9 Å². The number of aryl methyl sites for hydroxylation is 1. The predicted octanol–water partition coefficient (Wildman–Crippen LogP) is 3.02. The van der Waals surface area contributed by atoms with E-state index in [9.17, 15) is 4.79 Å². The van der Waals surface area contributed by atoms with E-state index in [2.05, 4.69) is 6.92 Å². The van der Waals surface area contributed by atoms with Crippen molar-refractivity contribution < 1.29 is 19.0 Å². The maximum Gasteiger partial charge on any atom is 0.260 e. The lowest BCUT2D eigenvalue weighted by molar-refractivity contribution is -0.132. The van der Waals surface area contributed by atoms with Crippen molar-refractivity contribution in [3.8, 4) is 17.2 Å². The van der Waals surface area contributed by atoms with Crippen LogP contribution in [0.4, 0.5) is 0 Å². The van der Waals surface area contributed by atoms with Gasteiger partial charge in [-0.15, -0.1) is 0 Å². The summed E-state index contributed by atoms with van der Waals surface area (Å²) in [5.74, 6) is 2.09. The molecule has 0 atom stereocenters. The van der Waals surface area contributed by atoms with Crippen LogP contribution in [0, 0.1) is 0 Å². The Morgan fingerprint density at radius 3 is 2.54 bits per heavy atom. The van der Waals surface area contributed by atoms with E-state index in [1.54, 1.807) is 11.9 Å². The first-order chi connectivity index (χ1) is 11.7. The van der Waals surface area contributed by atoms with Crippen LogP contribution in [0.5, 0.6) is 17.2 Å². The molecule has 24 heavy (non-hydrogen) atoms. The minimum Gasteiger partial charge on any atom is -0.484 e. The molecule has 5 nitrogen and oxygen atoms in total. The summed E-state index contributed by atoms with van der Waals surface area (Å²) in [7, 11) is 1.76. The summed E-state index contributed by atoms with van der Waals surface area (Å²) >= 11 is 0. The van der Waals surface area contributed by atoms with Crippen LogP contribution in [-0.2, 0) is 17.8 Å². The van der Waals surface area contributed by atoms with Crippen LogP contribution in [-0.4, -0.2) is 31.3 Å². The van der Waals surface area contributed by atoms with Gasteiger partial charge in [-0.2, -0.15) is 0 Å². The fraction of sp³-hybridized carbons (Fsp3) is 0.316. The molecule has 1 amide bonds. The minimum atomic E-state index is -0.0766. The van der Waals surface area contributed by atoms with E-state index in [0.717, 1.165) is 23.5 Å². The topological polar surface area (TPSA) is 48.0 Å². The zero-order valence-electron chi connectivity index (χ0n) is 14.0. The molecule has 1 heterocycles. The Morgan fingerprint density at radius 2 is 1.79 bits per heavy atom. The molecule has 3 rings (SSSR count). The van der Waals surface area contributed by atoms with Gasteiger partial charge in [0.2, 0.25) is 6.79 Å². The smallest absolute Gasteiger partial charge is 0.260 e. The highest BCUT2D eigenvalue weighted by Gasteiger charge is 2.15. The van der Waals surface area contributed by atoms with E-state index >= 15 is 0 Å². The number of hydrogen-bond acceptors (Lipinski definition) is 4. The van der Waals surface area contributed by atoms with Crippen molar-refractivity contribution in [2.24, 2.45) is 0 Å². The van der Waals surface area contributed by atoms with Crippen LogP contribution in [0.2, 0.25) is 0 Å². The highest BCUT2D eigenvalue weighted by Crippen LogP contribution is 2.32. The number of ether oxygens (including phenoxy) is 3. The standard InChI is InChI=1S/C19H21NO4/c1-3-14-4-7-16(8-5-14)22-12-19(21)20(2)11-15-6-9-17-18(10-15)24-13-23-17/h4-10H,3,11-13H2,1-2H3. The number of hydrogen-bond donors (Lipinski definition) is 0. The molecular formula is C19H21NO4. The second kappa shape index (κ2) is 7.25. The van der Waals surface area contributed by atoms with Gasteiger partial charge >= 0.3 is 0 Å². The van der Waals surface area contributed by atoms with Crippen LogP contribution in [0.15, 0.2) is 42.5 Å². The number of amides is 1. The molecule has 0 saturated carbocycles. The lowest BCUT2D eigenvalue weighted by Gasteiger charge is -2.18. The third kappa shape index (κ3) is 3.79. The minimum absolute atomic E-state index is 0.0204. The average molecular weight is 327 g/mol. The summed E-state index contributed by atoms with van der Waals surface area (Å²) < 4.78 is 16.2. The van der Waals surface area contributed by atoms with E-state index in [0.29, 0.717) is 12.3 Å². The average Bonchev–Trinajstić information content (AvgIpc) is 3.07. The molecule has 0 spiro atoms. The van der Waals surface area contributed by atoms with Gasteiger partial charge in [0, 0.05) is 13.6 Å². The Labute approximate surface area is 141 Å². The van der Waals surface area contributed by atoms with Gasteiger partial charge in [-0.3, -0.25) is 4.79 Å². The first-order valence-corrected chi connectivity index (χ1v) is 8.00. The highest BCUT2D eigenvalue weighted by molar-refractivity contribution is 5.77. The second-order valence-corrected chi connectivity index (χ2v) is 5.72. The van der Waals surface area contributed by atoms with Gasteiger partial charge in [-0.1, -0.05) is 25.1 Å². The normalized spacial score (nSPS) is 12.1. The van der Waals surface area contributed by atoms with Crippen LogP contribution in [0.25, 0.3) is 0 Å². The number of carbonyl (C=O) groups is 1. The first-order valence-electron chi connectivity index (χ1n) is 8.00. The molecule has 0 radical (unpaired) electrons. The Hall–Kier alpha value is -2.69. The third-order valence-electron chi connectivity index (χ3n) is 3.98. The third-order valence-corrected chi connectivity index (χ3v) is 3.98. The van der Waals surface area contributed by atoms with Gasteiger partial charge in [-0.25, -0.2) is 0 Å². The summed E-state index contributed by atoms with van der Waals surface area (Å²) in [4.78, 5) is 13.9. The number of likely N-dealkylation sites (N-methyl/N-ethyl adjacent to an activating group) is 1. The van der Waals surface area contributed by atoms with E-state index in [4.69, 9.17) is 14.2 Å². The summed E-state index contributed by atoms with van der Waals surface area (Å²) in [5, 5.41) is 0. The van der Waals surface area contributed by atoms with Gasteiger partial charge in [-0.05, 0) is 41.8 Å². The lowest BCUT2D eigenvalue weighted by Crippen LogP contribution is -2.30. The van der Waals surface area contributed by atoms with Gasteiger partial charge in [0.15, 0.2) is 18.1 Å². The molecule has 0 N–H and O–H groups in total. The maximum atomic E-state index is 12.2. The predicted molar refractivity (Wildman–Crippen MR) is 90.4 cm³/mol. The van der Waals surface area contributed by atoms with Gasteiger partial charge in [0.25, 0.3) is 5.91 Å². The maximum absolute atomic E-state index is 12.2. The fourth-order valence-corrected chi connectivity index (χ4v) is 2.48. The molecule has 0 unspecified atom stereocenters. The summed E-state index contributed by atoms with van der Waals surface area (Å²) in [5.41, 5.74) is 2.23. The van der Waals surface area contributed by atoms with Crippen molar-refractivity contribution in [1.29, 1.82) is 0 Å². The van der Waals surface area contributed by atoms with Gasteiger partial charge in [0.05, 0.1) is 0 Å². The molecule has 2 aromatic rings. The van der Waals surface area contributed by atoms with Crippen molar-refractivity contribution in [3.63, 3.8) is 0 Å². The van der Waals surface area contributed by atoms with E-state index in [-0.39, 0.29) is 19.3 Å². The Bertz CT molecular complexity index is 712. The summed E-state index contributed by atoms with van der Waals surface area (Å²) in [6.45, 7) is 2.86. The van der Waals surface area contributed by atoms with E-state index in [1.807, 2.05) is 42.5 Å². The second-order valence-electron chi connectivity index (χ2n) is 5.72. The first kappa shape index (κ1) is 16.2. The molecule has 1 aliphatic rings. The molecule has 126 valence electrons. The number of fused-ring (bicyclic) bond motifs is 1. The van der Waals surface area contributed by atoms with E-state index < -0.39 is 0 Å². The van der Waals surface area contributed by atoms with Crippen molar-refractivity contribution in [2.75, 3.05) is 20.4 Å². The Balaban J connectivity index is 1.52. The van der Waals surface area contributed by atoms with Crippen molar-refractivity contribution >= 4 is 5.91 Å². The molecule has 0 bridgehead atoms. The molecule has 1 aliphatic heterocycles. The molecule has 0 aliphatic carbocycles. The summed E-state index contributed by atoms with van der Waals surface area (Å²) in [6.07, 6.45) is 0.984. The number of nitrogens with zero attached hydrogens (tertiary/aromatic N) is 1.